The second-order valence-electron chi connectivity index (χ2n) is 5.95. The van der Waals surface area contributed by atoms with Gasteiger partial charge in [0.1, 0.15) is 12.3 Å². The summed E-state index contributed by atoms with van der Waals surface area (Å²) in [5.41, 5.74) is 2.54. The fourth-order valence-electron chi connectivity index (χ4n) is 2.69. The van der Waals surface area contributed by atoms with Gasteiger partial charge in [0, 0.05) is 24.2 Å². The number of carbonyl (C=O) groups is 2. The van der Waals surface area contributed by atoms with Gasteiger partial charge in [-0.05, 0) is 42.7 Å². The van der Waals surface area contributed by atoms with Gasteiger partial charge < -0.3 is 15.0 Å². The number of methoxy groups -OCH3 is 1. The summed E-state index contributed by atoms with van der Waals surface area (Å²) in [5, 5.41) is 3.37. The lowest BCUT2D eigenvalue weighted by atomic mass is 10.1. The molecule has 0 spiro atoms. The van der Waals surface area contributed by atoms with Gasteiger partial charge in [-0.2, -0.15) is 0 Å². The van der Waals surface area contributed by atoms with Crippen LogP contribution in [0.25, 0.3) is 0 Å². The lowest BCUT2D eigenvalue weighted by molar-refractivity contribution is -0.123. The first-order valence-corrected chi connectivity index (χ1v) is 8.73. The highest BCUT2D eigenvalue weighted by atomic mass is 35.5. The number of hydrogen-bond donors (Lipinski definition) is 1. The van der Waals surface area contributed by atoms with Crippen LogP contribution >= 0.6 is 11.6 Å². The van der Waals surface area contributed by atoms with Crippen LogP contribution in [0.5, 0.6) is 5.75 Å². The first-order chi connectivity index (χ1) is 12.4. The third-order valence-corrected chi connectivity index (χ3v) is 4.29. The van der Waals surface area contributed by atoms with Gasteiger partial charge in [-0.25, -0.2) is 0 Å². The number of halogens is 1. The van der Waals surface area contributed by atoms with Gasteiger partial charge in [0.2, 0.25) is 11.8 Å². The molecule has 26 heavy (non-hydrogen) atoms. The highest BCUT2D eigenvalue weighted by Gasteiger charge is 2.18. The van der Waals surface area contributed by atoms with Crippen LogP contribution in [0.2, 0.25) is 5.02 Å². The van der Waals surface area contributed by atoms with Gasteiger partial charge in [-0.3, -0.25) is 9.59 Å². The van der Waals surface area contributed by atoms with E-state index in [2.05, 4.69) is 5.32 Å². The van der Waals surface area contributed by atoms with E-state index in [1.54, 1.807) is 19.2 Å². The molecule has 0 aliphatic heterocycles. The molecule has 0 atom stereocenters. The Morgan fingerprint density at radius 2 is 1.92 bits per heavy atom. The predicted molar refractivity (Wildman–Crippen MR) is 104 cm³/mol. The molecule has 2 aromatic carbocycles. The Kier molecular flexibility index (Phi) is 7.04. The van der Waals surface area contributed by atoms with Gasteiger partial charge in [-0.15, -0.1) is 0 Å². The predicted octanol–water partition coefficient (Wildman–Crippen LogP) is 3.37. The maximum Gasteiger partial charge on any atom is 0.240 e. The fraction of sp³-hybridized carbons (Fsp3) is 0.300. The summed E-state index contributed by atoms with van der Waals surface area (Å²) < 4.78 is 5.30. The molecule has 2 rings (SSSR count). The molecule has 138 valence electrons. The number of anilines is 1. The normalized spacial score (nSPS) is 10.3. The Bertz CT molecular complexity index is 792. The topological polar surface area (TPSA) is 58.6 Å². The van der Waals surface area contributed by atoms with Crippen molar-refractivity contribution in [2.24, 2.45) is 0 Å². The molecule has 0 radical (unpaired) electrons. The molecule has 0 aliphatic rings. The Balaban J connectivity index is 1.98. The van der Waals surface area contributed by atoms with E-state index in [-0.39, 0.29) is 18.4 Å². The third kappa shape index (κ3) is 5.23. The summed E-state index contributed by atoms with van der Waals surface area (Å²) >= 11 is 6.03. The zero-order valence-electron chi connectivity index (χ0n) is 15.2. The van der Waals surface area contributed by atoms with E-state index in [0.717, 1.165) is 16.9 Å². The van der Waals surface area contributed by atoms with Crippen LogP contribution in [0, 0.1) is 6.92 Å². The standard InChI is InChI=1S/C20H23ClN2O3/c1-14-8-9-17(21)12-18(14)23(15(2)24)13-20(25)22-11-10-16-6-4-5-7-19(16)26-3/h4-9,12H,10-11,13H2,1-3H3,(H,22,25). The molecule has 5 nitrogen and oxygen atoms in total. The van der Waals surface area contributed by atoms with Crippen LogP contribution in [-0.2, 0) is 16.0 Å². The van der Waals surface area contributed by atoms with Crippen molar-refractivity contribution < 1.29 is 14.3 Å². The first-order valence-electron chi connectivity index (χ1n) is 8.35. The molecule has 0 aromatic heterocycles. The van der Waals surface area contributed by atoms with Crippen LogP contribution in [0.3, 0.4) is 0 Å². The SMILES string of the molecule is COc1ccccc1CCNC(=O)CN(C(C)=O)c1cc(Cl)ccc1C. The summed E-state index contributed by atoms with van der Waals surface area (Å²) in [6, 6.07) is 13.0. The smallest absolute Gasteiger partial charge is 0.240 e. The second-order valence-corrected chi connectivity index (χ2v) is 6.38. The van der Waals surface area contributed by atoms with Gasteiger partial charge >= 0.3 is 0 Å². The molecule has 0 fully saturated rings. The highest BCUT2D eigenvalue weighted by molar-refractivity contribution is 6.31. The van der Waals surface area contributed by atoms with Crippen molar-refractivity contribution >= 4 is 29.1 Å². The number of carbonyl (C=O) groups excluding carboxylic acids is 2. The van der Waals surface area contributed by atoms with E-state index in [4.69, 9.17) is 16.3 Å². The molecule has 2 aromatic rings. The lowest BCUT2D eigenvalue weighted by Crippen LogP contribution is -2.40. The summed E-state index contributed by atoms with van der Waals surface area (Å²) in [5.74, 6) is 0.353. The Morgan fingerprint density at radius 1 is 1.19 bits per heavy atom. The van der Waals surface area contributed by atoms with Crippen molar-refractivity contribution in [2.75, 3.05) is 25.1 Å². The lowest BCUT2D eigenvalue weighted by Gasteiger charge is -2.23. The maximum absolute atomic E-state index is 12.3. The number of amides is 2. The van der Waals surface area contributed by atoms with E-state index in [0.29, 0.717) is 23.7 Å². The number of nitrogens with one attached hydrogen (secondary N) is 1. The molecule has 0 heterocycles. The van der Waals surface area contributed by atoms with Crippen LogP contribution in [0.1, 0.15) is 18.1 Å². The van der Waals surface area contributed by atoms with Crippen LogP contribution < -0.4 is 15.0 Å². The quantitative estimate of drug-likeness (QED) is 0.808. The minimum atomic E-state index is -0.227. The molecule has 6 heteroatoms. The molecule has 1 N–H and O–H groups in total. The molecule has 0 unspecified atom stereocenters. The van der Waals surface area contributed by atoms with Crippen LogP contribution in [0.15, 0.2) is 42.5 Å². The number of hydrogen-bond acceptors (Lipinski definition) is 3. The Morgan fingerprint density at radius 3 is 2.62 bits per heavy atom. The van der Waals surface area contributed by atoms with Crippen molar-refractivity contribution in [1.82, 2.24) is 5.32 Å². The Hall–Kier alpha value is -2.53. The van der Waals surface area contributed by atoms with Gasteiger partial charge in [-0.1, -0.05) is 35.9 Å². The van der Waals surface area contributed by atoms with Gasteiger partial charge in [0.25, 0.3) is 0 Å². The minimum Gasteiger partial charge on any atom is -0.496 e. The molecule has 0 saturated heterocycles. The van der Waals surface area contributed by atoms with E-state index in [1.807, 2.05) is 37.3 Å². The monoisotopic (exact) mass is 374 g/mol. The van der Waals surface area contributed by atoms with Crippen LogP contribution in [-0.4, -0.2) is 32.0 Å². The van der Waals surface area contributed by atoms with E-state index >= 15 is 0 Å². The number of aryl methyl sites for hydroxylation is 1. The average Bonchev–Trinajstić information content (AvgIpc) is 2.62. The maximum atomic E-state index is 12.3. The number of ether oxygens (including phenoxy) is 1. The number of rotatable bonds is 7. The van der Waals surface area contributed by atoms with Crippen molar-refractivity contribution in [1.29, 1.82) is 0 Å². The molecule has 2 amide bonds. The largest absolute Gasteiger partial charge is 0.496 e. The van der Waals surface area contributed by atoms with E-state index in [9.17, 15) is 9.59 Å². The highest BCUT2D eigenvalue weighted by Crippen LogP contribution is 2.24. The summed E-state index contributed by atoms with van der Waals surface area (Å²) in [6.07, 6.45) is 0.645. The average molecular weight is 375 g/mol. The Labute approximate surface area is 158 Å². The van der Waals surface area contributed by atoms with E-state index < -0.39 is 0 Å². The van der Waals surface area contributed by atoms with Crippen molar-refractivity contribution in [2.45, 2.75) is 20.3 Å². The van der Waals surface area contributed by atoms with Crippen molar-refractivity contribution in [3.05, 3.63) is 58.6 Å². The van der Waals surface area contributed by atoms with Gasteiger partial charge in [0.15, 0.2) is 0 Å². The second kappa shape index (κ2) is 9.25. The number of para-hydroxylation sites is 1. The summed E-state index contributed by atoms with van der Waals surface area (Å²) in [6.45, 7) is 3.71. The summed E-state index contributed by atoms with van der Waals surface area (Å²) in [4.78, 5) is 25.7. The molecule has 0 aliphatic carbocycles. The zero-order valence-corrected chi connectivity index (χ0v) is 16.0. The first kappa shape index (κ1) is 19.8. The molecular formula is C20H23ClN2O3. The summed E-state index contributed by atoms with van der Waals surface area (Å²) in [7, 11) is 1.62. The van der Waals surface area contributed by atoms with Crippen LogP contribution in [0.4, 0.5) is 5.69 Å². The minimum absolute atomic E-state index is 0.0531. The number of benzene rings is 2. The van der Waals surface area contributed by atoms with E-state index in [1.165, 1.54) is 11.8 Å². The van der Waals surface area contributed by atoms with Crippen molar-refractivity contribution in [3.8, 4) is 5.75 Å². The van der Waals surface area contributed by atoms with Crippen molar-refractivity contribution in [3.63, 3.8) is 0 Å². The molecular weight excluding hydrogens is 352 g/mol. The van der Waals surface area contributed by atoms with Gasteiger partial charge in [0.05, 0.1) is 7.11 Å². The number of nitrogens with zero attached hydrogens (tertiary/aromatic N) is 1. The third-order valence-electron chi connectivity index (χ3n) is 4.05. The molecule has 0 bridgehead atoms. The molecule has 0 saturated carbocycles. The fourth-order valence-corrected chi connectivity index (χ4v) is 2.85. The zero-order chi connectivity index (χ0) is 19.1.